The highest BCUT2D eigenvalue weighted by molar-refractivity contribution is 5.31. The van der Waals surface area contributed by atoms with Gasteiger partial charge in [-0.05, 0) is 30.5 Å². The van der Waals surface area contributed by atoms with Crippen molar-refractivity contribution < 1.29 is 13.2 Å². The van der Waals surface area contributed by atoms with Crippen LogP contribution in [0, 0.1) is 0 Å². The van der Waals surface area contributed by atoms with Crippen LogP contribution >= 0.6 is 0 Å². The summed E-state index contributed by atoms with van der Waals surface area (Å²) in [6.07, 6.45) is 3.41. The maximum Gasteiger partial charge on any atom is 0.416 e. The molecule has 1 aliphatic rings. The molecule has 0 amide bonds. The summed E-state index contributed by atoms with van der Waals surface area (Å²) in [4.78, 5) is 0. The predicted molar refractivity (Wildman–Crippen MR) is 57.0 cm³/mol. The number of allylic oxidation sites excluding steroid dienone is 4. The second-order valence-corrected chi connectivity index (χ2v) is 3.83. The Morgan fingerprint density at radius 1 is 1.06 bits per heavy atom. The Bertz CT molecular complexity index is 421. The van der Waals surface area contributed by atoms with Crippen molar-refractivity contribution in [1.82, 2.24) is 0 Å². The molecule has 1 aliphatic carbocycles. The van der Waals surface area contributed by atoms with Gasteiger partial charge in [0, 0.05) is 0 Å². The summed E-state index contributed by atoms with van der Waals surface area (Å²) in [5, 5.41) is 0. The normalized spacial score (nSPS) is 15.3. The number of halogens is 3. The van der Waals surface area contributed by atoms with Crippen LogP contribution < -0.4 is 0 Å². The van der Waals surface area contributed by atoms with Crippen molar-refractivity contribution in [3.63, 3.8) is 0 Å². The van der Waals surface area contributed by atoms with Crippen LogP contribution in [0.2, 0.25) is 0 Å². The Labute approximate surface area is 92.1 Å². The zero-order chi connectivity index (χ0) is 11.6. The fourth-order valence-corrected chi connectivity index (χ4v) is 1.70. The molecule has 84 valence electrons. The van der Waals surface area contributed by atoms with E-state index in [0.717, 1.165) is 30.5 Å². The lowest BCUT2D eigenvalue weighted by Gasteiger charge is -2.07. The van der Waals surface area contributed by atoms with E-state index in [-0.39, 0.29) is 0 Å². The van der Waals surface area contributed by atoms with E-state index in [1.807, 2.05) is 18.2 Å². The fourth-order valence-electron chi connectivity index (χ4n) is 1.70. The molecular formula is C13H11F3. The predicted octanol–water partition coefficient (Wildman–Crippen LogP) is 4.13. The quantitative estimate of drug-likeness (QED) is 0.708. The van der Waals surface area contributed by atoms with Crippen LogP contribution in [0.25, 0.3) is 0 Å². The van der Waals surface area contributed by atoms with Gasteiger partial charge >= 0.3 is 6.18 Å². The molecule has 0 N–H and O–H groups in total. The number of hydrogen-bond donors (Lipinski definition) is 0. The molecule has 1 aromatic rings. The summed E-state index contributed by atoms with van der Waals surface area (Å²) >= 11 is 0. The molecule has 0 bridgehead atoms. The van der Waals surface area contributed by atoms with Gasteiger partial charge < -0.3 is 0 Å². The monoisotopic (exact) mass is 224 g/mol. The molecule has 0 unspecified atom stereocenters. The molecule has 16 heavy (non-hydrogen) atoms. The molecular weight excluding hydrogens is 213 g/mol. The third kappa shape index (κ3) is 2.54. The Kier molecular flexibility index (Phi) is 2.86. The molecule has 2 rings (SSSR count). The van der Waals surface area contributed by atoms with Crippen LogP contribution in [0.4, 0.5) is 13.2 Å². The standard InChI is InChI=1S/C13H11F3/c14-13(15,16)12-7-5-11(6-8-12)9-10-3-1-2-4-10/h1-3,5-8H,4,9H2. The Morgan fingerprint density at radius 3 is 2.25 bits per heavy atom. The first kappa shape index (κ1) is 11.0. The van der Waals surface area contributed by atoms with Crippen LogP contribution in [0.1, 0.15) is 17.5 Å². The average Bonchev–Trinajstić information content (AvgIpc) is 2.70. The highest BCUT2D eigenvalue weighted by Crippen LogP contribution is 2.29. The lowest BCUT2D eigenvalue weighted by molar-refractivity contribution is -0.137. The molecule has 0 heterocycles. The number of hydrogen-bond acceptors (Lipinski definition) is 0. The van der Waals surface area contributed by atoms with Crippen LogP contribution in [0.15, 0.2) is 48.1 Å². The van der Waals surface area contributed by atoms with Crippen LogP contribution in [0.3, 0.4) is 0 Å². The lowest BCUT2D eigenvalue weighted by Crippen LogP contribution is -2.04. The van der Waals surface area contributed by atoms with E-state index in [4.69, 9.17) is 0 Å². The minimum absolute atomic E-state index is 0.588. The van der Waals surface area contributed by atoms with Crippen molar-refractivity contribution in [3.05, 3.63) is 59.2 Å². The van der Waals surface area contributed by atoms with E-state index < -0.39 is 11.7 Å². The molecule has 0 fully saturated rings. The van der Waals surface area contributed by atoms with Gasteiger partial charge in [-0.3, -0.25) is 0 Å². The van der Waals surface area contributed by atoms with E-state index >= 15 is 0 Å². The SMILES string of the molecule is FC(F)(F)c1ccc(CC2=CC=CC2)cc1. The maximum absolute atomic E-state index is 12.3. The zero-order valence-electron chi connectivity index (χ0n) is 8.59. The maximum atomic E-state index is 12.3. The minimum atomic E-state index is -4.24. The average molecular weight is 224 g/mol. The van der Waals surface area contributed by atoms with Gasteiger partial charge in [-0.15, -0.1) is 0 Å². The molecule has 0 atom stereocenters. The third-order valence-corrected chi connectivity index (χ3v) is 2.56. The second kappa shape index (κ2) is 4.16. The summed E-state index contributed by atoms with van der Waals surface area (Å²) in [5.74, 6) is 0. The van der Waals surface area contributed by atoms with E-state index in [1.54, 1.807) is 12.1 Å². The Morgan fingerprint density at radius 2 is 1.75 bits per heavy atom. The van der Waals surface area contributed by atoms with Crippen LogP contribution in [-0.4, -0.2) is 0 Å². The first-order chi connectivity index (χ1) is 7.55. The molecule has 0 saturated carbocycles. The highest BCUT2D eigenvalue weighted by Gasteiger charge is 2.29. The van der Waals surface area contributed by atoms with Crippen LogP contribution in [-0.2, 0) is 12.6 Å². The van der Waals surface area contributed by atoms with Gasteiger partial charge in [-0.25, -0.2) is 0 Å². The molecule has 1 aromatic carbocycles. The Hall–Kier alpha value is -1.51. The summed E-state index contributed by atoms with van der Waals surface area (Å²) < 4.78 is 36.9. The smallest absolute Gasteiger partial charge is 0.166 e. The molecule has 0 radical (unpaired) electrons. The first-order valence-electron chi connectivity index (χ1n) is 5.06. The van der Waals surface area contributed by atoms with Crippen molar-refractivity contribution in [1.29, 1.82) is 0 Å². The van der Waals surface area contributed by atoms with E-state index in [2.05, 4.69) is 0 Å². The molecule has 0 spiro atoms. The number of benzene rings is 1. The number of alkyl halides is 3. The summed E-state index contributed by atoms with van der Waals surface area (Å²) in [5.41, 5.74) is 1.57. The minimum Gasteiger partial charge on any atom is -0.166 e. The van der Waals surface area contributed by atoms with E-state index in [0.29, 0.717) is 0 Å². The van der Waals surface area contributed by atoms with Crippen molar-refractivity contribution in [2.75, 3.05) is 0 Å². The Balaban J connectivity index is 2.08. The van der Waals surface area contributed by atoms with Gasteiger partial charge in [-0.2, -0.15) is 13.2 Å². The van der Waals surface area contributed by atoms with E-state index in [1.165, 1.54) is 5.57 Å². The second-order valence-electron chi connectivity index (χ2n) is 3.83. The first-order valence-corrected chi connectivity index (χ1v) is 5.06. The van der Waals surface area contributed by atoms with Gasteiger partial charge in [0.05, 0.1) is 5.56 Å². The topological polar surface area (TPSA) is 0 Å². The van der Waals surface area contributed by atoms with Crippen molar-refractivity contribution >= 4 is 0 Å². The summed E-state index contributed by atoms with van der Waals surface area (Å²) in [7, 11) is 0. The van der Waals surface area contributed by atoms with Gasteiger partial charge in [0.1, 0.15) is 0 Å². The summed E-state index contributed by atoms with van der Waals surface area (Å²) in [6, 6.07) is 5.36. The van der Waals surface area contributed by atoms with Crippen molar-refractivity contribution in [2.45, 2.75) is 19.0 Å². The van der Waals surface area contributed by atoms with Gasteiger partial charge in [0.2, 0.25) is 0 Å². The molecule has 3 heteroatoms. The highest BCUT2D eigenvalue weighted by atomic mass is 19.4. The molecule has 0 aromatic heterocycles. The van der Waals surface area contributed by atoms with E-state index in [9.17, 15) is 13.2 Å². The van der Waals surface area contributed by atoms with Gasteiger partial charge in [-0.1, -0.05) is 35.9 Å². The third-order valence-electron chi connectivity index (χ3n) is 2.56. The number of rotatable bonds is 2. The van der Waals surface area contributed by atoms with Gasteiger partial charge in [0.15, 0.2) is 0 Å². The fraction of sp³-hybridized carbons (Fsp3) is 0.231. The largest absolute Gasteiger partial charge is 0.416 e. The molecule has 0 saturated heterocycles. The lowest BCUT2D eigenvalue weighted by atomic mass is 10.0. The van der Waals surface area contributed by atoms with Crippen LogP contribution in [0.5, 0.6) is 0 Å². The molecule has 0 nitrogen and oxygen atoms in total. The van der Waals surface area contributed by atoms with Crippen molar-refractivity contribution in [3.8, 4) is 0 Å². The van der Waals surface area contributed by atoms with Gasteiger partial charge in [0.25, 0.3) is 0 Å². The zero-order valence-corrected chi connectivity index (χ0v) is 8.59. The summed E-state index contributed by atoms with van der Waals surface area (Å²) in [6.45, 7) is 0. The van der Waals surface area contributed by atoms with Crippen molar-refractivity contribution in [2.24, 2.45) is 0 Å². The molecule has 0 aliphatic heterocycles.